The Morgan fingerprint density at radius 3 is 2.40 bits per heavy atom. The first-order chi connectivity index (χ1) is 12.2. The Morgan fingerprint density at radius 1 is 1.04 bits per heavy atom. The minimum absolute atomic E-state index is 0.0355. The normalized spacial score (nSPS) is 18.6. The summed E-state index contributed by atoms with van der Waals surface area (Å²) in [5, 5.41) is 0. The lowest BCUT2D eigenvalue weighted by Gasteiger charge is -2.35. The van der Waals surface area contributed by atoms with Crippen molar-refractivity contribution in [2.24, 2.45) is 11.7 Å². The number of hydrogen-bond donors (Lipinski definition) is 1. The van der Waals surface area contributed by atoms with Crippen LogP contribution in [0.25, 0.3) is 0 Å². The van der Waals surface area contributed by atoms with E-state index in [1.165, 1.54) is 25.7 Å². The minimum atomic E-state index is 0.0355. The zero-order valence-electron chi connectivity index (χ0n) is 15.0. The van der Waals surface area contributed by atoms with Crippen LogP contribution in [-0.2, 0) is 11.3 Å². The zero-order valence-corrected chi connectivity index (χ0v) is 15.0. The van der Waals surface area contributed by atoms with Gasteiger partial charge in [0.15, 0.2) is 0 Å². The molecule has 1 heterocycles. The van der Waals surface area contributed by atoms with Gasteiger partial charge in [-0.3, -0.25) is 9.59 Å². The van der Waals surface area contributed by atoms with E-state index in [1.54, 1.807) is 0 Å². The summed E-state index contributed by atoms with van der Waals surface area (Å²) in [5.41, 5.74) is 7.30. The fraction of sp³-hybridized carbons (Fsp3) is 0.600. The van der Waals surface area contributed by atoms with Crippen molar-refractivity contribution >= 4 is 11.8 Å². The summed E-state index contributed by atoms with van der Waals surface area (Å²) in [6.45, 7) is 2.95. The second-order valence-electron chi connectivity index (χ2n) is 7.27. The van der Waals surface area contributed by atoms with Crippen molar-refractivity contribution < 1.29 is 9.59 Å². The average molecular weight is 343 g/mol. The number of amides is 2. The van der Waals surface area contributed by atoms with Crippen LogP contribution in [0.2, 0.25) is 0 Å². The standard InChI is InChI=1S/C20H29N3O2/c21-15-17-6-3-7-18(14-17)20(25)23-12-10-22(11-13-23)19(24)9-8-16-4-1-2-5-16/h3,6-7,14,16H,1-2,4-5,8-13,15,21H2. The Hall–Kier alpha value is -1.88. The van der Waals surface area contributed by atoms with E-state index < -0.39 is 0 Å². The molecular formula is C20H29N3O2. The van der Waals surface area contributed by atoms with Crippen molar-refractivity contribution in [1.29, 1.82) is 0 Å². The van der Waals surface area contributed by atoms with Gasteiger partial charge in [0.25, 0.3) is 5.91 Å². The van der Waals surface area contributed by atoms with Crippen LogP contribution >= 0.6 is 0 Å². The lowest BCUT2D eigenvalue weighted by atomic mass is 10.0. The third-order valence-electron chi connectivity index (χ3n) is 5.57. The van der Waals surface area contributed by atoms with Gasteiger partial charge in [-0.25, -0.2) is 0 Å². The van der Waals surface area contributed by atoms with Gasteiger partial charge in [0.1, 0.15) is 0 Å². The maximum atomic E-state index is 12.6. The minimum Gasteiger partial charge on any atom is -0.339 e. The monoisotopic (exact) mass is 343 g/mol. The Kier molecular flexibility index (Phi) is 6.08. The summed E-state index contributed by atoms with van der Waals surface area (Å²) in [7, 11) is 0. The molecule has 0 atom stereocenters. The van der Waals surface area contributed by atoms with Gasteiger partial charge in [-0.1, -0.05) is 37.8 Å². The van der Waals surface area contributed by atoms with E-state index in [9.17, 15) is 9.59 Å². The summed E-state index contributed by atoms with van der Waals surface area (Å²) < 4.78 is 0. The smallest absolute Gasteiger partial charge is 0.253 e. The highest BCUT2D eigenvalue weighted by atomic mass is 16.2. The molecule has 0 unspecified atom stereocenters. The molecule has 0 spiro atoms. The van der Waals surface area contributed by atoms with Gasteiger partial charge in [-0.15, -0.1) is 0 Å². The number of piperazine rings is 1. The molecule has 1 aromatic rings. The summed E-state index contributed by atoms with van der Waals surface area (Å²) in [5.74, 6) is 1.04. The lowest BCUT2D eigenvalue weighted by molar-refractivity contribution is -0.133. The highest BCUT2D eigenvalue weighted by Gasteiger charge is 2.25. The second-order valence-corrected chi connectivity index (χ2v) is 7.27. The zero-order chi connectivity index (χ0) is 17.6. The van der Waals surface area contributed by atoms with Gasteiger partial charge in [-0.2, -0.15) is 0 Å². The Morgan fingerprint density at radius 2 is 1.72 bits per heavy atom. The highest BCUT2D eigenvalue weighted by Crippen LogP contribution is 2.28. The molecule has 5 nitrogen and oxygen atoms in total. The first-order valence-corrected chi connectivity index (χ1v) is 9.53. The number of carbonyl (C=O) groups is 2. The number of carbonyl (C=O) groups excluding carboxylic acids is 2. The first-order valence-electron chi connectivity index (χ1n) is 9.53. The molecule has 1 aromatic carbocycles. The number of rotatable bonds is 5. The number of nitrogens with zero attached hydrogens (tertiary/aromatic N) is 2. The molecule has 1 aliphatic carbocycles. The molecular weight excluding hydrogens is 314 g/mol. The third kappa shape index (κ3) is 4.60. The van der Waals surface area contributed by atoms with E-state index >= 15 is 0 Å². The first kappa shape index (κ1) is 17.9. The largest absolute Gasteiger partial charge is 0.339 e. The van der Waals surface area contributed by atoms with E-state index in [0.29, 0.717) is 44.7 Å². The Bertz CT molecular complexity index is 603. The highest BCUT2D eigenvalue weighted by molar-refractivity contribution is 5.94. The third-order valence-corrected chi connectivity index (χ3v) is 5.57. The maximum Gasteiger partial charge on any atom is 0.253 e. The summed E-state index contributed by atoms with van der Waals surface area (Å²) in [6.07, 6.45) is 6.92. The van der Waals surface area contributed by atoms with Crippen LogP contribution < -0.4 is 5.73 Å². The quantitative estimate of drug-likeness (QED) is 0.893. The summed E-state index contributed by atoms with van der Waals surface area (Å²) >= 11 is 0. The van der Waals surface area contributed by atoms with Crippen molar-refractivity contribution in [3.8, 4) is 0 Å². The van der Waals surface area contributed by atoms with Crippen LogP contribution in [0.5, 0.6) is 0 Å². The van der Waals surface area contributed by atoms with Crippen molar-refractivity contribution in [3.63, 3.8) is 0 Å². The number of nitrogens with two attached hydrogens (primary N) is 1. The SMILES string of the molecule is NCc1cccc(C(=O)N2CCN(C(=O)CCC3CCCC3)CC2)c1. The summed E-state index contributed by atoms with van der Waals surface area (Å²) in [6, 6.07) is 7.50. The van der Waals surface area contributed by atoms with Crippen LogP contribution in [0.15, 0.2) is 24.3 Å². The average Bonchev–Trinajstić information content (AvgIpc) is 3.19. The molecule has 5 heteroatoms. The predicted octanol–water partition coefficient (Wildman–Crippen LogP) is 2.40. The van der Waals surface area contributed by atoms with E-state index in [2.05, 4.69) is 0 Å². The maximum absolute atomic E-state index is 12.6. The molecule has 1 aliphatic heterocycles. The van der Waals surface area contributed by atoms with Crippen LogP contribution in [0.4, 0.5) is 0 Å². The molecule has 2 aliphatic rings. The van der Waals surface area contributed by atoms with Crippen LogP contribution in [0.1, 0.15) is 54.4 Å². The molecule has 2 fully saturated rings. The van der Waals surface area contributed by atoms with Gasteiger partial charge < -0.3 is 15.5 Å². The van der Waals surface area contributed by atoms with Crippen molar-refractivity contribution in [2.75, 3.05) is 26.2 Å². The molecule has 3 rings (SSSR count). The molecule has 1 saturated heterocycles. The molecule has 0 aromatic heterocycles. The van der Waals surface area contributed by atoms with E-state index in [1.807, 2.05) is 34.1 Å². The molecule has 0 bridgehead atoms. The topological polar surface area (TPSA) is 66.6 Å². The van der Waals surface area contributed by atoms with Gasteiger partial charge in [-0.05, 0) is 30.0 Å². The van der Waals surface area contributed by atoms with E-state index in [4.69, 9.17) is 5.73 Å². The molecule has 2 amide bonds. The van der Waals surface area contributed by atoms with Crippen molar-refractivity contribution in [1.82, 2.24) is 9.80 Å². The molecule has 2 N–H and O–H groups in total. The van der Waals surface area contributed by atoms with E-state index in [-0.39, 0.29) is 11.8 Å². The predicted molar refractivity (Wildman–Crippen MR) is 98.0 cm³/mol. The Balaban J connectivity index is 1.47. The number of hydrogen-bond acceptors (Lipinski definition) is 3. The van der Waals surface area contributed by atoms with Gasteiger partial charge >= 0.3 is 0 Å². The van der Waals surface area contributed by atoms with Crippen LogP contribution in [-0.4, -0.2) is 47.8 Å². The fourth-order valence-corrected chi connectivity index (χ4v) is 3.96. The summed E-state index contributed by atoms with van der Waals surface area (Å²) in [4.78, 5) is 28.8. The number of benzene rings is 1. The second kappa shape index (κ2) is 8.48. The molecule has 25 heavy (non-hydrogen) atoms. The van der Waals surface area contributed by atoms with Gasteiger partial charge in [0, 0.05) is 44.7 Å². The lowest BCUT2D eigenvalue weighted by Crippen LogP contribution is -2.50. The van der Waals surface area contributed by atoms with Gasteiger partial charge in [0.05, 0.1) is 0 Å². The van der Waals surface area contributed by atoms with E-state index in [0.717, 1.165) is 17.9 Å². The van der Waals surface area contributed by atoms with Crippen LogP contribution in [0.3, 0.4) is 0 Å². The molecule has 0 radical (unpaired) electrons. The molecule has 1 saturated carbocycles. The van der Waals surface area contributed by atoms with Gasteiger partial charge in [0.2, 0.25) is 5.91 Å². The van der Waals surface area contributed by atoms with Crippen molar-refractivity contribution in [2.45, 2.75) is 45.1 Å². The van der Waals surface area contributed by atoms with Crippen LogP contribution in [0, 0.1) is 5.92 Å². The molecule has 136 valence electrons. The van der Waals surface area contributed by atoms with Crippen molar-refractivity contribution in [3.05, 3.63) is 35.4 Å². The Labute approximate surface area is 150 Å². The fourth-order valence-electron chi connectivity index (χ4n) is 3.96.